The standard InChI is InChI=1S/C14H6Cl2F6S/c15-10-2-1-3-11(16)12(10)23-9-5-7(13(17,18)19)4-8(6-9)14(20,21)22/h1-6H. The van der Waals surface area contributed by atoms with E-state index >= 15 is 0 Å². The van der Waals surface area contributed by atoms with Crippen molar-refractivity contribution in [3.63, 3.8) is 0 Å². The quantitative estimate of drug-likeness (QED) is 0.489. The third-order valence-electron chi connectivity index (χ3n) is 2.70. The van der Waals surface area contributed by atoms with Crippen LogP contribution in [0.2, 0.25) is 10.0 Å². The lowest BCUT2D eigenvalue weighted by atomic mass is 10.1. The van der Waals surface area contributed by atoms with Gasteiger partial charge >= 0.3 is 12.4 Å². The zero-order valence-corrected chi connectivity index (χ0v) is 13.2. The number of alkyl halides is 6. The Bertz CT molecular complexity index is 672. The predicted octanol–water partition coefficient (Wildman–Crippen LogP) is 7.18. The largest absolute Gasteiger partial charge is 0.416 e. The number of rotatable bonds is 2. The van der Waals surface area contributed by atoms with E-state index in [0.29, 0.717) is 23.9 Å². The van der Waals surface area contributed by atoms with Crippen molar-refractivity contribution in [2.45, 2.75) is 22.1 Å². The minimum absolute atomic E-state index is 0.0677. The molecule has 0 aliphatic carbocycles. The van der Waals surface area contributed by atoms with Gasteiger partial charge in [0.1, 0.15) is 0 Å². The van der Waals surface area contributed by atoms with Gasteiger partial charge in [-0.15, -0.1) is 0 Å². The summed E-state index contributed by atoms with van der Waals surface area (Å²) in [5.74, 6) is 0. The van der Waals surface area contributed by atoms with E-state index < -0.39 is 23.5 Å². The fraction of sp³-hybridized carbons (Fsp3) is 0.143. The molecule has 0 nitrogen and oxygen atoms in total. The summed E-state index contributed by atoms with van der Waals surface area (Å²) in [6, 6.07) is 5.71. The van der Waals surface area contributed by atoms with Crippen LogP contribution < -0.4 is 0 Å². The molecule has 0 aliphatic heterocycles. The van der Waals surface area contributed by atoms with Crippen LogP contribution in [0.5, 0.6) is 0 Å². The summed E-state index contributed by atoms with van der Waals surface area (Å²) in [5, 5.41) is 0.266. The molecule has 0 amide bonds. The first kappa shape index (κ1) is 18.3. The van der Waals surface area contributed by atoms with Gasteiger partial charge in [0.2, 0.25) is 0 Å². The van der Waals surface area contributed by atoms with E-state index in [9.17, 15) is 26.3 Å². The van der Waals surface area contributed by atoms with Crippen LogP contribution in [0, 0.1) is 0 Å². The minimum Gasteiger partial charge on any atom is -0.166 e. The molecule has 0 saturated carbocycles. The molecule has 2 aromatic rings. The smallest absolute Gasteiger partial charge is 0.166 e. The van der Waals surface area contributed by atoms with E-state index in [-0.39, 0.29) is 25.9 Å². The molecule has 0 bridgehead atoms. The summed E-state index contributed by atoms with van der Waals surface area (Å²) >= 11 is 12.4. The summed E-state index contributed by atoms with van der Waals surface area (Å²) in [4.78, 5) is -0.0783. The first-order chi connectivity index (χ1) is 10.5. The molecule has 9 heteroatoms. The first-order valence-corrected chi connectivity index (χ1v) is 7.47. The zero-order chi connectivity index (χ0) is 17.4. The molecular formula is C14H6Cl2F6S. The summed E-state index contributed by atoms with van der Waals surface area (Å²) in [5.41, 5.74) is -2.78. The van der Waals surface area contributed by atoms with Crippen molar-refractivity contribution in [3.05, 3.63) is 57.6 Å². The van der Waals surface area contributed by atoms with Gasteiger partial charge in [-0.1, -0.05) is 41.0 Å². The molecule has 0 spiro atoms. The average Bonchev–Trinajstić information content (AvgIpc) is 2.41. The Hall–Kier alpha value is -1.05. The monoisotopic (exact) mass is 390 g/mol. The lowest BCUT2D eigenvalue weighted by molar-refractivity contribution is -0.143. The minimum atomic E-state index is -4.90. The average molecular weight is 391 g/mol. The fourth-order valence-corrected chi connectivity index (χ4v) is 3.25. The van der Waals surface area contributed by atoms with Crippen LogP contribution in [-0.2, 0) is 12.4 Å². The molecular weight excluding hydrogens is 385 g/mol. The maximum atomic E-state index is 12.8. The second kappa shape index (κ2) is 6.45. The highest BCUT2D eigenvalue weighted by Crippen LogP contribution is 2.43. The number of hydrogen-bond acceptors (Lipinski definition) is 1. The van der Waals surface area contributed by atoms with Crippen LogP contribution in [0.4, 0.5) is 26.3 Å². The molecule has 124 valence electrons. The van der Waals surface area contributed by atoms with Crippen LogP contribution in [0.15, 0.2) is 46.2 Å². The molecule has 2 rings (SSSR count). The van der Waals surface area contributed by atoms with Gasteiger partial charge in [0.05, 0.1) is 21.2 Å². The summed E-state index contributed by atoms with van der Waals surface area (Å²) in [7, 11) is 0. The zero-order valence-electron chi connectivity index (χ0n) is 10.9. The second-order valence-corrected chi connectivity index (χ2v) is 6.29. The topological polar surface area (TPSA) is 0 Å². The molecule has 0 saturated heterocycles. The van der Waals surface area contributed by atoms with Gasteiger partial charge in [0.25, 0.3) is 0 Å². The molecule has 0 fully saturated rings. The maximum Gasteiger partial charge on any atom is 0.416 e. The molecule has 0 atom stereocenters. The first-order valence-electron chi connectivity index (χ1n) is 5.90. The normalized spacial score (nSPS) is 12.5. The van der Waals surface area contributed by atoms with Crippen molar-refractivity contribution in [1.82, 2.24) is 0 Å². The highest BCUT2D eigenvalue weighted by Gasteiger charge is 2.37. The van der Waals surface area contributed by atoms with Crippen molar-refractivity contribution in [2.75, 3.05) is 0 Å². The van der Waals surface area contributed by atoms with Crippen molar-refractivity contribution in [2.24, 2.45) is 0 Å². The summed E-state index contributed by atoms with van der Waals surface area (Å²) in [6.07, 6.45) is -9.80. The second-order valence-electron chi connectivity index (χ2n) is 4.39. The van der Waals surface area contributed by atoms with Crippen molar-refractivity contribution >= 4 is 35.0 Å². The van der Waals surface area contributed by atoms with Gasteiger partial charge in [0, 0.05) is 9.79 Å². The molecule has 0 radical (unpaired) electrons. The number of halogens is 8. The Morgan fingerprint density at radius 3 is 1.57 bits per heavy atom. The fourth-order valence-electron chi connectivity index (χ4n) is 1.68. The Morgan fingerprint density at radius 2 is 1.17 bits per heavy atom. The van der Waals surface area contributed by atoms with E-state index in [0.717, 1.165) is 0 Å². The SMILES string of the molecule is FC(F)(F)c1cc(Sc2c(Cl)cccc2Cl)cc(C(F)(F)F)c1. The third kappa shape index (κ3) is 4.49. The third-order valence-corrected chi connectivity index (χ3v) is 4.67. The van der Waals surface area contributed by atoms with Crippen molar-refractivity contribution in [3.8, 4) is 0 Å². The van der Waals surface area contributed by atoms with Crippen LogP contribution in [0.3, 0.4) is 0 Å². The molecule has 23 heavy (non-hydrogen) atoms. The number of benzene rings is 2. The van der Waals surface area contributed by atoms with E-state index in [4.69, 9.17) is 23.2 Å². The van der Waals surface area contributed by atoms with Gasteiger partial charge in [-0.2, -0.15) is 26.3 Å². The predicted molar refractivity (Wildman–Crippen MR) is 77.0 cm³/mol. The highest BCUT2D eigenvalue weighted by molar-refractivity contribution is 7.99. The molecule has 0 unspecified atom stereocenters. The van der Waals surface area contributed by atoms with Crippen LogP contribution in [-0.4, -0.2) is 0 Å². The molecule has 0 aliphatic rings. The van der Waals surface area contributed by atoms with E-state index in [1.807, 2.05) is 0 Å². The molecule has 0 aromatic heterocycles. The summed E-state index contributed by atoms with van der Waals surface area (Å²) in [6.45, 7) is 0. The summed E-state index contributed by atoms with van der Waals surface area (Å²) < 4.78 is 76.8. The van der Waals surface area contributed by atoms with E-state index in [1.54, 1.807) is 0 Å². The lowest BCUT2D eigenvalue weighted by Gasteiger charge is -2.14. The van der Waals surface area contributed by atoms with Gasteiger partial charge in [-0.25, -0.2) is 0 Å². The van der Waals surface area contributed by atoms with Gasteiger partial charge < -0.3 is 0 Å². The molecule has 0 N–H and O–H groups in total. The Morgan fingerprint density at radius 1 is 0.739 bits per heavy atom. The van der Waals surface area contributed by atoms with Gasteiger partial charge in [-0.3, -0.25) is 0 Å². The molecule has 2 aromatic carbocycles. The number of hydrogen-bond donors (Lipinski definition) is 0. The maximum absolute atomic E-state index is 12.8. The van der Waals surface area contributed by atoms with Gasteiger partial charge in [-0.05, 0) is 30.3 Å². The van der Waals surface area contributed by atoms with Crippen LogP contribution >= 0.6 is 35.0 Å². The van der Waals surface area contributed by atoms with Crippen LogP contribution in [0.25, 0.3) is 0 Å². The lowest BCUT2D eigenvalue weighted by Crippen LogP contribution is -2.10. The highest BCUT2D eigenvalue weighted by atomic mass is 35.5. The molecule has 0 heterocycles. The Kier molecular flexibility index (Phi) is 5.13. The van der Waals surface area contributed by atoms with Gasteiger partial charge in [0.15, 0.2) is 0 Å². The van der Waals surface area contributed by atoms with Crippen molar-refractivity contribution < 1.29 is 26.3 Å². The van der Waals surface area contributed by atoms with E-state index in [1.165, 1.54) is 18.2 Å². The van der Waals surface area contributed by atoms with Crippen molar-refractivity contribution in [1.29, 1.82) is 0 Å². The Balaban J connectivity index is 2.54. The van der Waals surface area contributed by atoms with E-state index in [2.05, 4.69) is 0 Å². The Labute approximate surface area is 141 Å². The van der Waals surface area contributed by atoms with Crippen LogP contribution in [0.1, 0.15) is 11.1 Å².